The molecule has 0 bridgehead atoms. The summed E-state index contributed by atoms with van der Waals surface area (Å²) in [5.74, 6) is 0.222. The summed E-state index contributed by atoms with van der Waals surface area (Å²) in [4.78, 5) is 16.9. The van der Waals surface area contributed by atoms with Crippen LogP contribution in [0.3, 0.4) is 0 Å². The van der Waals surface area contributed by atoms with Gasteiger partial charge in [-0.3, -0.25) is 9.59 Å². The number of carboxylic acid groups (broad SMARTS) is 1. The Balaban J connectivity index is -0.00000000452. The smallest absolute Gasteiger partial charge is 0.290 e. The van der Waals surface area contributed by atoms with Crippen LogP contribution in [0.25, 0.3) is 0 Å². The maximum atomic E-state index is 9.09. The van der Waals surface area contributed by atoms with Crippen LogP contribution >= 0.6 is 57.8 Å². The highest BCUT2D eigenvalue weighted by Crippen LogP contribution is 1.89. The second kappa shape index (κ2) is 129. The van der Waals surface area contributed by atoms with Gasteiger partial charge in [0.15, 0.2) is 0 Å². The Labute approximate surface area is 128 Å². The van der Waals surface area contributed by atoms with Gasteiger partial charge in [-0.1, -0.05) is 7.43 Å². The molecule has 0 fully saturated rings. The van der Waals surface area contributed by atoms with Gasteiger partial charge in [-0.25, -0.2) is 4.21 Å². The van der Waals surface area contributed by atoms with Crippen LogP contribution in [-0.4, -0.2) is 32.5 Å². The summed E-state index contributed by atoms with van der Waals surface area (Å²) in [6.07, 6.45) is 0. The van der Waals surface area contributed by atoms with Crippen molar-refractivity contribution in [1.82, 2.24) is 12.3 Å². The Kier molecular flexibility index (Phi) is 640. The normalized spacial score (nSPS) is 3.53. The second-order valence-electron chi connectivity index (χ2n) is 0.379. The van der Waals surface area contributed by atoms with E-state index >= 15 is 0 Å². The van der Waals surface area contributed by atoms with Gasteiger partial charge in [0.05, 0.1) is 0 Å². The van der Waals surface area contributed by atoms with E-state index in [9.17, 15) is 0 Å². The highest BCUT2D eigenvalue weighted by molar-refractivity contribution is 8.26. The maximum Gasteiger partial charge on any atom is 0.290 e. The van der Waals surface area contributed by atoms with E-state index in [0.717, 1.165) is 0 Å². The van der Waals surface area contributed by atoms with Gasteiger partial charge in [-0.05, 0) is 11.6 Å². The number of carbonyl (C=O) groups excluding carboxylic acids is 1. The van der Waals surface area contributed by atoms with Crippen LogP contribution in [-0.2, 0) is 18.8 Å². The van der Waals surface area contributed by atoms with Crippen molar-refractivity contribution in [3.63, 3.8) is 0 Å². The molecule has 0 saturated carbocycles. The Bertz CT molecular complexity index is 104. The predicted octanol–water partition coefficient (Wildman–Crippen LogP) is 1.31. The molecular formula is C3H19Cl5N2O6S. The average Bonchev–Trinajstić information content (AvgIpc) is 1.65. The van der Waals surface area contributed by atoms with Gasteiger partial charge >= 0.3 is 0 Å². The van der Waals surface area contributed by atoms with E-state index in [4.69, 9.17) is 18.9 Å². The van der Waals surface area contributed by atoms with Crippen molar-refractivity contribution in [2.75, 3.05) is 0 Å². The number of hydrogen-bond acceptors (Lipinski definition) is 5. The molecular weight excluding hydrogens is 369 g/mol. The molecule has 0 radical (unpaired) electrons. The van der Waals surface area contributed by atoms with Gasteiger partial charge in [-0.2, -0.15) is 0 Å². The Morgan fingerprint density at radius 3 is 1.00 bits per heavy atom. The predicted molar refractivity (Wildman–Crippen MR) is 79.6 cm³/mol. The van der Waals surface area contributed by atoms with E-state index in [1.807, 2.05) is 0 Å². The lowest BCUT2D eigenvalue weighted by atomic mass is 11.7. The van der Waals surface area contributed by atoms with Crippen LogP contribution in [0, 0.1) is 0 Å². The first-order valence-electron chi connectivity index (χ1n) is 1.42. The minimum Gasteiger partial charge on any atom is -0.483 e. The van der Waals surface area contributed by atoms with E-state index in [0.29, 0.717) is 0 Å². The van der Waals surface area contributed by atoms with Gasteiger partial charge in [-0.15, -0.1) is 24.8 Å². The molecule has 0 rings (SSSR count). The Hall–Kier alpha value is 0.580. The molecule has 0 aliphatic carbocycles. The summed E-state index contributed by atoms with van der Waals surface area (Å²) < 4.78 is 9.09. The number of rotatable bonds is 0. The van der Waals surface area contributed by atoms with E-state index in [2.05, 4.69) is 33.0 Å². The lowest BCUT2D eigenvalue weighted by molar-refractivity contribution is -0.122. The summed E-state index contributed by atoms with van der Waals surface area (Å²) in [6.45, 7) is -0.250. The zero-order chi connectivity index (χ0) is 8.99. The summed E-state index contributed by atoms with van der Waals surface area (Å²) in [7, 11) is 7.36. The van der Waals surface area contributed by atoms with E-state index in [-0.39, 0.29) is 67.7 Å². The number of hydrogen-bond donors (Lipinski definition) is 3. The highest BCUT2D eigenvalue weighted by atomic mass is 36.0. The van der Waals surface area contributed by atoms with Crippen LogP contribution in [0.1, 0.15) is 7.43 Å². The lowest BCUT2D eigenvalue weighted by Crippen LogP contribution is -1.49. The largest absolute Gasteiger partial charge is 0.483 e. The third kappa shape index (κ3) is 10500. The minimum atomic E-state index is -1.67. The molecule has 0 aliphatic heterocycles. The first-order chi connectivity index (χ1) is 4.56. The van der Waals surface area contributed by atoms with Crippen molar-refractivity contribution >= 4 is 79.2 Å². The van der Waals surface area contributed by atoms with Crippen molar-refractivity contribution < 1.29 is 29.9 Å². The van der Waals surface area contributed by atoms with Crippen LogP contribution in [0.2, 0.25) is 0 Å². The zero-order valence-corrected chi connectivity index (χ0v) is 12.3. The average molecular weight is 389 g/mol. The van der Waals surface area contributed by atoms with Crippen LogP contribution in [0.4, 0.5) is 0 Å². The fourth-order valence-electron chi connectivity index (χ4n) is 0. The monoisotopic (exact) mass is 386 g/mol. The first-order valence-corrected chi connectivity index (χ1v) is 4.66. The van der Waals surface area contributed by atoms with Crippen molar-refractivity contribution in [1.29, 1.82) is 0 Å². The molecule has 0 aromatic heterocycles. The Morgan fingerprint density at radius 1 is 1.00 bits per heavy atom. The van der Waals surface area contributed by atoms with Crippen molar-refractivity contribution in [2.24, 2.45) is 0 Å². The second-order valence-corrected chi connectivity index (χ2v) is 3.08. The molecule has 0 saturated heterocycles. The van der Waals surface area contributed by atoms with E-state index in [1.165, 1.54) is 0 Å². The molecule has 8 nitrogen and oxygen atoms in total. The molecule has 0 aromatic rings. The third-order valence-corrected chi connectivity index (χ3v) is 0. The summed E-state index contributed by atoms with van der Waals surface area (Å²) in [6, 6.07) is 0. The zero-order valence-electron chi connectivity index (χ0n) is 7.60. The summed E-state index contributed by atoms with van der Waals surface area (Å²) in [5, 5.41) is 6.89. The van der Waals surface area contributed by atoms with E-state index < -0.39 is 9.23 Å². The topological polar surface area (TPSA) is 204 Å². The van der Waals surface area contributed by atoms with Gasteiger partial charge in [0.25, 0.3) is 6.47 Å². The summed E-state index contributed by atoms with van der Waals surface area (Å²) >= 11 is 4.32. The van der Waals surface area contributed by atoms with Gasteiger partial charge in [0.2, 0.25) is 15.0 Å². The van der Waals surface area contributed by atoms with Crippen molar-refractivity contribution in [3.05, 3.63) is 0 Å². The number of carbonyl (C=O) groups is 2. The highest BCUT2D eigenvalue weighted by Gasteiger charge is 1.67. The molecule has 0 amide bonds. The molecule has 14 heteroatoms. The van der Waals surface area contributed by atoms with Crippen molar-refractivity contribution in [2.45, 2.75) is 7.43 Å². The number of halogens is 5. The standard InChI is InChI=1S/CHClO.CH2O2.CH4.Cl2OS.2ClH.2H3N.2H2O/c2*2-1-3;;1-4(2)3;;;;;;/h1H;1H,(H,2,3);1H4;;2*1H;2*1H3;2*1H2. The molecule has 0 unspecified atom stereocenters. The lowest BCUT2D eigenvalue weighted by Gasteiger charge is -1.50. The maximum absolute atomic E-state index is 9.09. The summed E-state index contributed by atoms with van der Waals surface area (Å²) in [5.41, 5.74) is 0. The SMILES string of the molecule is C.Cl.Cl.N.N.O.O.O=CCl.O=CO.O=S(Cl)Cl. The minimum absolute atomic E-state index is 0. The molecule has 17 heavy (non-hydrogen) atoms. The van der Waals surface area contributed by atoms with Gasteiger partial charge in [0.1, 0.15) is 0 Å². The first kappa shape index (κ1) is 84.1. The molecule has 0 atom stereocenters. The fraction of sp³-hybridized carbons (Fsp3) is 0.333. The molecule has 0 aliphatic rings. The van der Waals surface area contributed by atoms with Gasteiger partial charge in [0, 0.05) is 21.4 Å². The molecule has 0 spiro atoms. The molecule has 11 N–H and O–H groups in total. The van der Waals surface area contributed by atoms with E-state index in [1.54, 1.807) is 0 Å². The Morgan fingerprint density at radius 2 is 1.00 bits per heavy atom. The fourth-order valence-corrected chi connectivity index (χ4v) is 0. The van der Waals surface area contributed by atoms with Gasteiger partial charge < -0.3 is 28.4 Å². The third-order valence-electron chi connectivity index (χ3n) is 0. The molecule has 0 heterocycles. The molecule has 118 valence electrons. The van der Waals surface area contributed by atoms with Crippen LogP contribution < -0.4 is 12.3 Å². The van der Waals surface area contributed by atoms with Crippen LogP contribution in [0.15, 0.2) is 0 Å². The molecule has 0 aromatic carbocycles. The van der Waals surface area contributed by atoms with Crippen molar-refractivity contribution in [3.8, 4) is 0 Å². The quantitative estimate of drug-likeness (QED) is 0.411. The van der Waals surface area contributed by atoms with Crippen LogP contribution in [0.5, 0.6) is 0 Å².